The Labute approximate surface area is 157 Å². The molecule has 1 unspecified atom stereocenters. The largest absolute Gasteiger partial charge is 0.340 e. The molecule has 1 heterocycles. The monoisotopic (exact) mass is 390 g/mol. The predicted octanol–water partition coefficient (Wildman–Crippen LogP) is 4.97. The Bertz CT molecular complexity index is 946. The molecule has 0 radical (unpaired) electrons. The van der Waals surface area contributed by atoms with Gasteiger partial charge in [0.15, 0.2) is 0 Å². The highest BCUT2D eigenvalue weighted by Crippen LogP contribution is 2.28. The lowest BCUT2D eigenvalue weighted by molar-refractivity contribution is -0.384. The Morgan fingerprint density at radius 1 is 1.19 bits per heavy atom. The van der Waals surface area contributed by atoms with E-state index in [0.29, 0.717) is 5.56 Å². The molecule has 0 aliphatic heterocycles. The minimum atomic E-state index is -0.643. The summed E-state index contributed by atoms with van der Waals surface area (Å²) in [7, 11) is 0. The van der Waals surface area contributed by atoms with Gasteiger partial charge in [-0.05, 0) is 41.3 Å². The van der Waals surface area contributed by atoms with Crippen molar-refractivity contribution in [3.63, 3.8) is 0 Å². The second-order valence-electron chi connectivity index (χ2n) is 5.40. The molecule has 1 N–H and O–H groups in total. The maximum Gasteiger partial charge on any atom is 0.288 e. The summed E-state index contributed by atoms with van der Waals surface area (Å²) in [5.74, 6) is -0.870. The Morgan fingerprint density at radius 3 is 2.54 bits per heavy atom. The number of carbonyl (C=O) groups excluding carboxylic acids is 1. The molecule has 26 heavy (non-hydrogen) atoms. The zero-order valence-corrected chi connectivity index (χ0v) is 14.8. The van der Waals surface area contributed by atoms with E-state index in [1.165, 1.54) is 35.6 Å². The average Bonchev–Trinajstić information content (AvgIpc) is 3.15. The molecule has 1 aromatic heterocycles. The number of hydrogen-bond donors (Lipinski definition) is 1. The smallest absolute Gasteiger partial charge is 0.288 e. The van der Waals surface area contributed by atoms with E-state index in [-0.39, 0.29) is 22.1 Å². The number of carbonyl (C=O) groups is 1. The van der Waals surface area contributed by atoms with E-state index < -0.39 is 16.9 Å². The highest BCUT2D eigenvalue weighted by atomic mass is 35.5. The van der Waals surface area contributed by atoms with E-state index >= 15 is 0 Å². The lowest BCUT2D eigenvalue weighted by Crippen LogP contribution is -2.28. The summed E-state index contributed by atoms with van der Waals surface area (Å²) in [6, 6.07) is 12.9. The van der Waals surface area contributed by atoms with Crippen molar-refractivity contribution < 1.29 is 14.1 Å². The van der Waals surface area contributed by atoms with Crippen LogP contribution in [0.25, 0.3) is 0 Å². The van der Waals surface area contributed by atoms with Gasteiger partial charge < -0.3 is 5.32 Å². The molecule has 0 saturated heterocycles. The number of nitrogens with one attached hydrogen (secondary N) is 1. The van der Waals surface area contributed by atoms with Crippen LogP contribution in [0, 0.1) is 15.9 Å². The molecule has 0 fully saturated rings. The third-order valence-corrected chi connectivity index (χ3v) is 4.97. The van der Waals surface area contributed by atoms with Crippen LogP contribution in [0.3, 0.4) is 0 Å². The van der Waals surface area contributed by atoms with Crippen molar-refractivity contribution in [3.8, 4) is 0 Å². The van der Waals surface area contributed by atoms with E-state index in [1.54, 1.807) is 12.1 Å². The molecule has 0 aliphatic carbocycles. The second kappa shape index (κ2) is 7.63. The molecule has 1 atom stereocenters. The van der Waals surface area contributed by atoms with Crippen LogP contribution in [0.1, 0.15) is 26.8 Å². The Kier molecular flexibility index (Phi) is 5.29. The SMILES string of the molecule is O=C(NC(c1ccc(F)cc1)c1cccs1)c1ccc(Cl)c([N+](=O)[O-])c1. The molecule has 3 aromatic rings. The normalized spacial score (nSPS) is 11.8. The number of halogens is 2. The molecular formula is C18H12ClFN2O3S. The van der Waals surface area contributed by atoms with Crippen molar-refractivity contribution in [1.82, 2.24) is 5.32 Å². The highest BCUT2D eigenvalue weighted by molar-refractivity contribution is 7.10. The average molecular weight is 391 g/mol. The fraction of sp³-hybridized carbons (Fsp3) is 0.0556. The summed E-state index contributed by atoms with van der Waals surface area (Å²) in [4.78, 5) is 23.9. The Balaban J connectivity index is 1.92. The molecule has 0 bridgehead atoms. The number of nitrogens with zero attached hydrogens (tertiary/aromatic N) is 1. The minimum Gasteiger partial charge on any atom is -0.340 e. The van der Waals surface area contributed by atoms with Crippen molar-refractivity contribution in [2.75, 3.05) is 0 Å². The third-order valence-electron chi connectivity index (χ3n) is 3.71. The molecule has 132 valence electrons. The van der Waals surface area contributed by atoms with Gasteiger partial charge in [-0.1, -0.05) is 29.8 Å². The maximum atomic E-state index is 13.2. The lowest BCUT2D eigenvalue weighted by atomic mass is 10.0. The molecule has 1 amide bonds. The molecule has 8 heteroatoms. The zero-order chi connectivity index (χ0) is 18.7. The van der Waals surface area contributed by atoms with Gasteiger partial charge in [-0.2, -0.15) is 0 Å². The highest BCUT2D eigenvalue weighted by Gasteiger charge is 2.21. The van der Waals surface area contributed by atoms with Gasteiger partial charge in [0.2, 0.25) is 0 Å². The Morgan fingerprint density at radius 2 is 1.92 bits per heavy atom. The fourth-order valence-corrected chi connectivity index (χ4v) is 3.43. The van der Waals surface area contributed by atoms with Crippen LogP contribution in [-0.4, -0.2) is 10.8 Å². The number of nitro groups is 1. The van der Waals surface area contributed by atoms with Gasteiger partial charge in [0, 0.05) is 16.5 Å². The third kappa shape index (κ3) is 3.89. The first-order valence-electron chi connectivity index (χ1n) is 7.49. The van der Waals surface area contributed by atoms with E-state index in [0.717, 1.165) is 10.9 Å². The van der Waals surface area contributed by atoms with Gasteiger partial charge in [0.05, 0.1) is 11.0 Å². The fourth-order valence-electron chi connectivity index (χ4n) is 2.44. The number of amides is 1. The first kappa shape index (κ1) is 18.0. The maximum absolute atomic E-state index is 13.2. The number of hydrogen-bond acceptors (Lipinski definition) is 4. The topological polar surface area (TPSA) is 72.2 Å². The van der Waals surface area contributed by atoms with Crippen LogP contribution >= 0.6 is 22.9 Å². The quantitative estimate of drug-likeness (QED) is 0.494. The first-order valence-corrected chi connectivity index (χ1v) is 8.75. The van der Waals surface area contributed by atoms with Crippen molar-refractivity contribution in [3.05, 3.63) is 96.9 Å². The summed E-state index contributed by atoms with van der Waals surface area (Å²) >= 11 is 7.23. The van der Waals surface area contributed by atoms with Crippen molar-refractivity contribution in [1.29, 1.82) is 0 Å². The number of thiophene rings is 1. The number of benzene rings is 2. The molecule has 2 aromatic carbocycles. The zero-order valence-electron chi connectivity index (χ0n) is 13.2. The summed E-state index contributed by atoms with van der Waals surface area (Å²) < 4.78 is 13.2. The minimum absolute atomic E-state index is 0.0418. The first-order chi connectivity index (χ1) is 12.5. The van der Waals surface area contributed by atoms with Crippen LogP contribution in [0.15, 0.2) is 60.0 Å². The molecule has 0 aliphatic rings. The molecule has 0 spiro atoms. The molecular weight excluding hydrogens is 379 g/mol. The van der Waals surface area contributed by atoms with Crippen LogP contribution in [0.5, 0.6) is 0 Å². The van der Waals surface area contributed by atoms with Gasteiger partial charge in [-0.15, -0.1) is 11.3 Å². The van der Waals surface area contributed by atoms with Gasteiger partial charge in [0.25, 0.3) is 11.6 Å². The van der Waals surface area contributed by atoms with Gasteiger partial charge in [0.1, 0.15) is 10.8 Å². The summed E-state index contributed by atoms with van der Waals surface area (Å²) in [5, 5.41) is 15.7. The molecule has 3 rings (SSSR count). The lowest BCUT2D eigenvalue weighted by Gasteiger charge is -2.18. The van der Waals surface area contributed by atoms with Gasteiger partial charge in [-0.25, -0.2) is 4.39 Å². The van der Waals surface area contributed by atoms with Crippen molar-refractivity contribution in [2.24, 2.45) is 0 Å². The molecule has 0 saturated carbocycles. The van der Waals surface area contributed by atoms with E-state index in [9.17, 15) is 19.3 Å². The van der Waals surface area contributed by atoms with E-state index in [1.807, 2.05) is 17.5 Å². The Hall–Kier alpha value is -2.77. The van der Waals surface area contributed by atoms with Crippen LogP contribution in [0.4, 0.5) is 10.1 Å². The van der Waals surface area contributed by atoms with E-state index in [4.69, 9.17) is 11.6 Å². The van der Waals surface area contributed by atoms with Crippen molar-refractivity contribution in [2.45, 2.75) is 6.04 Å². The van der Waals surface area contributed by atoms with Crippen LogP contribution in [0.2, 0.25) is 5.02 Å². The summed E-state index contributed by atoms with van der Waals surface area (Å²) in [6.45, 7) is 0. The standard InChI is InChI=1S/C18H12ClFN2O3S/c19-14-8-5-12(10-15(14)22(24)25)18(23)21-17(16-2-1-9-26-16)11-3-6-13(20)7-4-11/h1-10,17H,(H,21,23). The summed E-state index contributed by atoms with van der Waals surface area (Å²) in [5.41, 5.74) is 0.476. The van der Waals surface area contributed by atoms with Gasteiger partial charge in [-0.3, -0.25) is 14.9 Å². The van der Waals surface area contributed by atoms with Crippen molar-refractivity contribution >= 4 is 34.5 Å². The van der Waals surface area contributed by atoms with Crippen LogP contribution in [-0.2, 0) is 0 Å². The summed E-state index contributed by atoms with van der Waals surface area (Å²) in [6.07, 6.45) is 0. The van der Waals surface area contributed by atoms with E-state index in [2.05, 4.69) is 5.32 Å². The van der Waals surface area contributed by atoms with Gasteiger partial charge >= 0.3 is 0 Å². The predicted molar refractivity (Wildman–Crippen MR) is 98.1 cm³/mol. The molecule has 5 nitrogen and oxygen atoms in total. The van der Waals surface area contributed by atoms with Crippen LogP contribution < -0.4 is 5.32 Å². The number of nitro benzene ring substituents is 1. The number of rotatable bonds is 5. The second-order valence-corrected chi connectivity index (χ2v) is 6.78.